The molecule has 0 bridgehead atoms. The quantitative estimate of drug-likeness (QED) is 0.752. The van der Waals surface area contributed by atoms with E-state index in [1.54, 1.807) is 17.9 Å². The minimum Gasteiger partial charge on any atom is -0.450 e. The van der Waals surface area contributed by atoms with Crippen molar-refractivity contribution < 1.29 is 14.3 Å². The Morgan fingerprint density at radius 3 is 2.46 bits per heavy atom. The van der Waals surface area contributed by atoms with E-state index in [-0.39, 0.29) is 18.0 Å². The van der Waals surface area contributed by atoms with Crippen LogP contribution in [0.2, 0.25) is 0 Å². The molecule has 0 radical (unpaired) electrons. The highest BCUT2D eigenvalue weighted by Crippen LogP contribution is 2.20. The lowest BCUT2D eigenvalue weighted by molar-refractivity contribution is 0.0856. The molecule has 28 heavy (non-hydrogen) atoms. The smallest absolute Gasteiger partial charge is 0.409 e. The average Bonchev–Trinajstić information content (AvgIpc) is 2.97. The standard InChI is InChI=1S/C20H31N5O3/c1-2-28-20(27)25-11-9-16(10-12-25)24-19(26)17-13-18(22-14-21-17)23-15-7-5-3-4-6-8-15/h13-16H,2-12H2,1H3,(H,24,26)(H,21,22,23). The van der Waals surface area contributed by atoms with Gasteiger partial charge in [-0.05, 0) is 32.6 Å². The predicted octanol–water partition coefficient (Wildman–Crippen LogP) is 2.96. The van der Waals surface area contributed by atoms with Gasteiger partial charge in [0.2, 0.25) is 0 Å². The summed E-state index contributed by atoms with van der Waals surface area (Å²) in [6.07, 6.45) is 9.94. The number of nitrogens with one attached hydrogen (secondary N) is 2. The van der Waals surface area contributed by atoms with Crippen LogP contribution in [0, 0.1) is 0 Å². The molecule has 154 valence electrons. The lowest BCUT2D eigenvalue weighted by Gasteiger charge is -2.31. The molecule has 2 N–H and O–H groups in total. The van der Waals surface area contributed by atoms with E-state index in [4.69, 9.17) is 4.74 Å². The maximum atomic E-state index is 12.6. The van der Waals surface area contributed by atoms with Gasteiger partial charge in [0.15, 0.2) is 0 Å². The lowest BCUT2D eigenvalue weighted by atomic mass is 10.1. The van der Waals surface area contributed by atoms with Crippen molar-refractivity contribution in [1.82, 2.24) is 20.2 Å². The lowest BCUT2D eigenvalue weighted by Crippen LogP contribution is -2.46. The Morgan fingerprint density at radius 1 is 1.07 bits per heavy atom. The normalized spacial score (nSPS) is 19.0. The summed E-state index contributed by atoms with van der Waals surface area (Å²) in [5.41, 5.74) is 0.374. The van der Waals surface area contributed by atoms with Gasteiger partial charge in [-0.1, -0.05) is 25.7 Å². The van der Waals surface area contributed by atoms with Crippen LogP contribution < -0.4 is 10.6 Å². The molecule has 0 atom stereocenters. The molecule has 2 aliphatic rings. The van der Waals surface area contributed by atoms with Crippen LogP contribution in [-0.2, 0) is 4.74 Å². The Balaban J connectivity index is 1.50. The van der Waals surface area contributed by atoms with Crippen LogP contribution >= 0.6 is 0 Å². The number of likely N-dealkylation sites (tertiary alicyclic amines) is 1. The second kappa shape index (κ2) is 10.2. The number of aromatic nitrogens is 2. The first-order chi connectivity index (χ1) is 13.7. The van der Waals surface area contributed by atoms with E-state index >= 15 is 0 Å². The third-order valence-corrected chi connectivity index (χ3v) is 5.46. The fraction of sp³-hybridized carbons (Fsp3) is 0.700. The third-order valence-electron chi connectivity index (χ3n) is 5.46. The number of rotatable bonds is 5. The second-order valence-electron chi connectivity index (χ2n) is 7.56. The second-order valence-corrected chi connectivity index (χ2v) is 7.56. The van der Waals surface area contributed by atoms with Crippen molar-refractivity contribution in [2.24, 2.45) is 0 Å². The summed E-state index contributed by atoms with van der Waals surface area (Å²) in [5, 5.41) is 6.49. The first-order valence-electron chi connectivity index (χ1n) is 10.5. The Hall–Kier alpha value is -2.38. The monoisotopic (exact) mass is 389 g/mol. The summed E-state index contributed by atoms with van der Waals surface area (Å²) >= 11 is 0. The van der Waals surface area contributed by atoms with Crippen LogP contribution in [0.25, 0.3) is 0 Å². The molecular formula is C20H31N5O3. The number of carbonyl (C=O) groups is 2. The van der Waals surface area contributed by atoms with E-state index in [0.29, 0.717) is 50.1 Å². The van der Waals surface area contributed by atoms with Crippen molar-refractivity contribution in [1.29, 1.82) is 0 Å². The molecule has 3 rings (SSSR count). The molecular weight excluding hydrogens is 358 g/mol. The molecule has 0 aromatic carbocycles. The average molecular weight is 390 g/mol. The summed E-state index contributed by atoms with van der Waals surface area (Å²) in [6, 6.07) is 2.18. The molecule has 2 fully saturated rings. The van der Waals surface area contributed by atoms with E-state index in [1.165, 1.54) is 32.0 Å². The van der Waals surface area contributed by atoms with E-state index in [2.05, 4.69) is 20.6 Å². The van der Waals surface area contributed by atoms with Gasteiger partial charge in [0, 0.05) is 31.2 Å². The molecule has 8 nitrogen and oxygen atoms in total. The maximum absolute atomic E-state index is 12.6. The number of anilines is 1. The highest BCUT2D eigenvalue weighted by molar-refractivity contribution is 5.93. The van der Waals surface area contributed by atoms with Crippen molar-refractivity contribution >= 4 is 17.8 Å². The van der Waals surface area contributed by atoms with Gasteiger partial charge in [0.25, 0.3) is 5.91 Å². The molecule has 1 aliphatic carbocycles. The minimum absolute atomic E-state index is 0.0337. The van der Waals surface area contributed by atoms with Gasteiger partial charge in [-0.2, -0.15) is 0 Å². The topological polar surface area (TPSA) is 96.5 Å². The van der Waals surface area contributed by atoms with Gasteiger partial charge >= 0.3 is 6.09 Å². The zero-order chi connectivity index (χ0) is 19.8. The van der Waals surface area contributed by atoms with Crippen molar-refractivity contribution in [3.8, 4) is 0 Å². The summed E-state index contributed by atoms with van der Waals surface area (Å²) in [5.74, 6) is 0.519. The molecule has 2 amide bonds. The number of nitrogens with zero attached hydrogens (tertiary/aromatic N) is 3. The Kier molecular flexibility index (Phi) is 7.45. The molecule has 1 aromatic heterocycles. The van der Waals surface area contributed by atoms with Crippen LogP contribution in [0.3, 0.4) is 0 Å². The van der Waals surface area contributed by atoms with Gasteiger partial charge in [0.1, 0.15) is 17.8 Å². The van der Waals surface area contributed by atoms with E-state index in [1.807, 2.05) is 0 Å². The largest absolute Gasteiger partial charge is 0.450 e. The highest BCUT2D eigenvalue weighted by Gasteiger charge is 2.25. The van der Waals surface area contributed by atoms with Gasteiger partial charge in [-0.15, -0.1) is 0 Å². The Bertz CT molecular complexity index is 653. The molecule has 1 aliphatic heterocycles. The number of hydrogen-bond donors (Lipinski definition) is 2. The van der Waals surface area contributed by atoms with Crippen LogP contribution in [0.15, 0.2) is 12.4 Å². The predicted molar refractivity (Wildman–Crippen MR) is 106 cm³/mol. The van der Waals surface area contributed by atoms with Gasteiger partial charge in [0.05, 0.1) is 6.61 Å². The van der Waals surface area contributed by atoms with Crippen molar-refractivity contribution in [2.75, 3.05) is 25.0 Å². The van der Waals surface area contributed by atoms with Crippen LogP contribution in [-0.4, -0.2) is 58.6 Å². The molecule has 1 aromatic rings. The number of hydrogen-bond acceptors (Lipinski definition) is 6. The molecule has 1 saturated heterocycles. The van der Waals surface area contributed by atoms with Crippen molar-refractivity contribution in [3.05, 3.63) is 18.1 Å². The van der Waals surface area contributed by atoms with Crippen LogP contribution in [0.1, 0.15) is 68.8 Å². The van der Waals surface area contributed by atoms with Crippen LogP contribution in [0.4, 0.5) is 10.6 Å². The Morgan fingerprint density at radius 2 is 1.79 bits per heavy atom. The molecule has 0 spiro atoms. The number of ether oxygens (including phenoxy) is 1. The summed E-state index contributed by atoms with van der Waals surface area (Å²) < 4.78 is 5.03. The number of carbonyl (C=O) groups excluding carboxylic acids is 2. The zero-order valence-corrected chi connectivity index (χ0v) is 16.7. The van der Waals surface area contributed by atoms with Gasteiger partial charge < -0.3 is 20.3 Å². The van der Waals surface area contributed by atoms with E-state index in [9.17, 15) is 9.59 Å². The maximum Gasteiger partial charge on any atom is 0.409 e. The first-order valence-corrected chi connectivity index (χ1v) is 10.5. The highest BCUT2D eigenvalue weighted by atomic mass is 16.6. The van der Waals surface area contributed by atoms with E-state index in [0.717, 1.165) is 12.8 Å². The molecule has 0 unspecified atom stereocenters. The molecule has 8 heteroatoms. The third kappa shape index (κ3) is 5.81. The fourth-order valence-electron chi connectivity index (χ4n) is 3.87. The van der Waals surface area contributed by atoms with Crippen LogP contribution in [0.5, 0.6) is 0 Å². The van der Waals surface area contributed by atoms with Crippen molar-refractivity contribution in [3.63, 3.8) is 0 Å². The first kappa shape index (κ1) is 20.4. The Labute approximate surface area is 166 Å². The van der Waals surface area contributed by atoms with Gasteiger partial charge in [-0.3, -0.25) is 4.79 Å². The summed E-state index contributed by atoms with van der Waals surface area (Å²) in [7, 11) is 0. The van der Waals surface area contributed by atoms with Crippen molar-refractivity contribution in [2.45, 2.75) is 70.4 Å². The minimum atomic E-state index is -0.280. The summed E-state index contributed by atoms with van der Waals surface area (Å²) in [4.78, 5) is 34.5. The fourth-order valence-corrected chi connectivity index (χ4v) is 3.87. The molecule has 1 saturated carbocycles. The number of piperidine rings is 1. The number of amides is 2. The van der Waals surface area contributed by atoms with E-state index < -0.39 is 0 Å². The molecule has 2 heterocycles. The van der Waals surface area contributed by atoms with Gasteiger partial charge in [-0.25, -0.2) is 14.8 Å². The zero-order valence-electron chi connectivity index (χ0n) is 16.7. The summed E-state index contributed by atoms with van der Waals surface area (Å²) in [6.45, 7) is 3.34. The SMILES string of the molecule is CCOC(=O)N1CCC(NC(=O)c2cc(NC3CCCCCC3)ncn2)CC1.